The van der Waals surface area contributed by atoms with Gasteiger partial charge >= 0.3 is 0 Å². The van der Waals surface area contributed by atoms with Crippen molar-refractivity contribution in [1.29, 1.82) is 0 Å². The molecule has 1 aromatic carbocycles. The van der Waals surface area contributed by atoms with Gasteiger partial charge in [0.25, 0.3) is 5.91 Å². The second kappa shape index (κ2) is 7.07. The Kier molecular flexibility index (Phi) is 5.40. The molecule has 0 radical (unpaired) electrons. The molecule has 0 atom stereocenters. The van der Waals surface area contributed by atoms with E-state index in [2.05, 4.69) is 15.9 Å². The van der Waals surface area contributed by atoms with Crippen LogP contribution in [0.5, 0.6) is 5.75 Å². The van der Waals surface area contributed by atoms with Crippen LogP contribution in [-0.2, 0) is 0 Å². The Balaban J connectivity index is 2.15. The lowest BCUT2D eigenvalue weighted by atomic mass is 9.91. The third-order valence-electron chi connectivity index (χ3n) is 3.71. The van der Waals surface area contributed by atoms with E-state index in [-0.39, 0.29) is 11.7 Å². The predicted octanol–water partition coefficient (Wildman–Crippen LogP) is 3.61. The molecule has 0 heterocycles. The molecule has 1 fully saturated rings. The van der Waals surface area contributed by atoms with Crippen molar-refractivity contribution in [2.45, 2.75) is 31.7 Å². The quantitative estimate of drug-likeness (QED) is 0.738. The van der Waals surface area contributed by atoms with Crippen LogP contribution in [0, 0.1) is 5.82 Å². The number of ether oxygens (including phenoxy) is 1. The van der Waals surface area contributed by atoms with E-state index in [1.807, 2.05) is 4.90 Å². The first-order valence-electron chi connectivity index (χ1n) is 6.88. The number of amides is 1. The number of methoxy groups -OCH3 is 1. The van der Waals surface area contributed by atoms with Crippen molar-refractivity contribution >= 4 is 21.8 Å². The predicted molar refractivity (Wildman–Crippen MR) is 80.0 cm³/mol. The van der Waals surface area contributed by atoms with E-state index in [0.29, 0.717) is 18.2 Å². The van der Waals surface area contributed by atoms with Gasteiger partial charge in [0.05, 0.1) is 7.11 Å². The Morgan fingerprint density at radius 2 is 2.25 bits per heavy atom. The molecule has 0 spiro atoms. The van der Waals surface area contributed by atoms with Crippen LogP contribution in [0.2, 0.25) is 0 Å². The Bertz CT molecular complexity index is 477. The summed E-state index contributed by atoms with van der Waals surface area (Å²) in [5.41, 5.74) is 0.393. The average Bonchev–Trinajstić information content (AvgIpc) is 2.40. The van der Waals surface area contributed by atoms with Gasteiger partial charge in [0.15, 0.2) is 11.6 Å². The zero-order valence-corrected chi connectivity index (χ0v) is 13.2. The first-order valence-corrected chi connectivity index (χ1v) is 8.00. The average molecular weight is 344 g/mol. The molecule has 1 saturated carbocycles. The second-order valence-corrected chi connectivity index (χ2v) is 5.77. The summed E-state index contributed by atoms with van der Waals surface area (Å²) >= 11 is 3.39. The van der Waals surface area contributed by atoms with Crippen LogP contribution in [0.1, 0.15) is 36.0 Å². The second-order valence-electron chi connectivity index (χ2n) is 4.98. The number of alkyl halides is 1. The number of carbonyl (C=O) groups is 1. The van der Waals surface area contributed by atoms with Crippen molar-refractivity contribution < 1.29 is 13.9 Å². The van der Waals surface area contributed by atoms with Gasteiger partial charge in [0, 0.05) is 23.5 Å². The van der Waals surface area contributed by atoms with E-state index in [1.165, 1.54) is 25.7 Å². The van der Waals surface area contributed by atoms with Gasteiger partial charge in [-0.1, -0.05) is 15.9 Å². The summed E-state index contributed by atoms with van der Waals surface area (Å²) < 4.78 is 18.6. The summed E-state index contributed by atoms with van der Waals surface area (Å²) in [6.45, 7) is 0.711. The van der Waals surface area contributed by atoms with Crippen molar-refractivity contribution in [3.63, 3.8) is 0 Å². The first kappa shape index (κ1) is 15.3. The SMILES string of the molecule is COc1ccc(C(=O)N(CCCBr)C2CCC2)cc1F. The largest absolute Gasteiger partial charge is 0.494 e. The van der Waals surface area contributed by atoms with Crippen LogP contribution in [0.4, 0.5) is 4.39 Å². The lowest BCUT2D eigenvalue weighted by Crippen LogP contribution is -2.44. The number of nitrogens with zero attached hydrogens (tertiary/aromatic N) is 1. The third-order valence-corrected chi connectivity index (χ3v) is 4.27. The molecular formula is C15H19BrFNO2. The van der Waals surface area contributed by atoms with Crippen molar-refractivity contribution in [3.8, 4) is 5.75 Å². The maximum absolute atomic E-state index is 13.7. The third kappa shape index (κ3) is 3.32. The maximum Gasteiger partial charge on any atom is 0.254 e. The number of hydrogen-bond donors (Lipinski definition) is 0. The number of carbonyl (C=O) groups excluding carboxylic acids is 1. The van der Waals surface area contributed by atoms with Gasteiger partial charge in [0.2, 0.25) is 0 Å². The van der Waals surface area contributed by atoms with Crippen molar-refractivity contribution in [1.82, 2.24) is 4.90 Å². The minimum atomic E-state index is -0.493. The van der Waals surface area contributed by atoms with Gasteiger partial charge in [-0.15, -0.1) is 0 Å². The Morgan fingerprint density at radius 1 is 1.50 bits per heavy atom. The molecule has 1 aliphatic carbocycles. The van der Waals surface area contributed by atoms with E-state index in [9.17, 15) is 9.18 Å². The molecular weight excluding hydrogens is 325 g/mol. The summed E-state index contributed by atoms with van der Waals surface area (Å²) in [5.74, 6) is -0.415. The molecule has 1 amide bonds. The van der Waals surface area contributed by atoms with Crippen molar-refractivity contribution in [2.24, 2.45) is 0 Å². The Morgan fingerprint density at radius 3 is 2.75 bits per heavy atom. The topological polar surface area (TPSA) is 29.5 Å². The molecule has 3 nitrogen and oxygen atoms in total. The van der Waals surface area contributed by atoms with Crippen LogP contribution >= 0.6 is 15.9 Å². The zero-order valence-electron chi connectivity index (χ0n) is 11.6. The highest BCUT2D eigenvalue weighted by Crippen LogP contribution is 2.27. The highest BCUT2D eigenvalue weighted by molar-refractivity contribution is 9.09. The van der Waals surface area contributed by atoms with Gasteiger partial charge < -0.3 is 9.64 Å². The molecule has 0 saturated heterocycles. The number of rotatable bonds is 6. The molecule has 110 valence electrons. The highest BCUT2D eigenvalue weighted by Gasteiger charge is 2.29. The normalized spacial score (nSPS) is 14.8. The molecule has 0 unspecified atom stereocenters. The van der Waals surface area contributed by atoms with Crippen molar-refractivity contribution in [2.75, 3.05) is 19.0 Å². The van der Waals surface area contributed by atoms with E-state index in [4.69, 9.17) is 4.74 Å². The minimum Gasteiger partial charge on any atom is -0.494 e. The lowest BCUT2D eigenvalue weighted by Gasteiger charge is -2.37. The Labute approximate surface area is 127 Å². The van der Waals surface area contributed by atoms with Gasteiger partial charge in [0.1, 0.15) is 0 Å². The highest BCUT2D eigenvalue weighted by atomic mass is 79.9. The molecule has 0 aromatic heterocycles. The van der Waals surface area contributed by atoms with E-state index < -0.39 is 5.82 Å². The van der Waals surface area contributed by atoms with Crippen LogP contribution in [0.15, 0.2) is 18.2 Å². The number of benzene rings is 1. The zero-order chi connectivity index (χ0) is 14.5. The molecule has 0 N–H and O–H groups in total. The smallest absolute Gasteiger partial charge is 0.254 e. The van der Waals surface area contributed by atoms with E-state index in [0.717, 1.165) is 24.6 Å². The molecule has 0 aliphatic heterocycles. The molecule has 20 heavy (non-hydrogen) atoms. The Hall–Kier alpha value is -1.10. The molecule has 5 heteroatoms. The molecule has 1 aliphatic rings. The van der Waals surface area contributed by atoms with E-state index >= 15 is 0 Å². The van der Waals surface area contributed by atoms with Gasteiger partial charge in [-0.05, 0) is 43.9 Å². The lowest BCUT2D eigenvalue weighted by molar-refractivity contribution is 0.0580. The minimum absolute atomic E-state index is 0.0859. The van der Waals surface area contributed by atoms with Crippen LogP contribution in [-0.4, -0.2) is 35.8 Å². The molecule has 2 rings (SSSR count). The van der Waals surface area contributed by atoms with Crippen molar-refractivity contribution in [3.05, 3.63) is 29.6 Å². The standard InChI is InChI=1S/C15H19BrFNO2/c1-20-14-7-6-11(10-13(14)17)15(19)18(9-3-8-16)12-4-2-5-12/h6-7,10,12H,2-5,8-9H2,1H3. The van der Waals surface area contributed by atoms with Crippen LogP contribution < -0.4 is 4.74 Å². The fourth-order valence-electron chi connectivity index (χ4n) is 2.34. The van der Waals surface area contributed by atoms with Gasteiger partial charge in [-0.3, -0.25) is 4.79 Å². The fraction of sp³-hybridized carbons (Fsp3) is 0.533. The fourth-order valence-corrected chi connectivity index (χ4v) is 2.59. The van der Waals surface area contributed by atoms with Crippen LogP contribution in [0.3, 0.4) is 0 Å². The maximum atomic E-state index is 13.7. The summed E-state index contributed by atoms with van der Waals surface area (Å²) in [6.07, 6.45) is 4.17. The number of halogens is 2. The summed E-state index contributed by atoms with van der Waals surface area (Å²) in [4.78, 5) is 14.4. The number of hydrogen-bond acceptors (Lipinski definition) is 2. The summed E-state index contributed by atoms with van der Waals surface area (Å²) in [6, 6.07) is 4.71. The van der Waals surface area contributed by atoms with Crippen LogP contribution in [0.25, 0.3) is 0 Å². The summed E-state index contributed by atoms with van der Waals surface area (Å²) in [7, 11) is 1.41. The monoisotopic (exact) mass is 343 g/mol. The van der Waals surface area contributed by atoms with E-state index in [1.54, 1.807) is 6.07 Å². The summed E-state index contributed by atoms with van der Waals surface area (Å²) in [5, 5.41) is 0.862. The molecule has 0 bridgehead atoms. The molecule has 1 aromatic rings. The van der Waals surface area contributed by atoms with Gasteiger partial charge in [-0.2, -0.15) is 0 Å². The van der Waals surface area contributed by atoms with Gasteiger partial charge in [-0.25, -0.2) is 4.39 Å². The first-order chi connectivity index (χ1) is 9.67.